The van der Waals surface area contributed by atoms with Crippen molar-refractivity contribution in [3.63, 3.8) is 0 Å². The quantitative estimate of drug-likeness (QED) is 0.480. The fourth-order valence-electron chi connectivity index (χ4n) is 4.37. The van der Waals surface area contributed by atoms with E-state index in [1.165, 1.54) is 31.0 Å². The van der Waals surface area contributed by atoms with E-state index in [9.17, 15) is 14.0 Å². The highest BCUT2D eigenvalue weighted by atomic mass is 19.1. The molecule has 8 nitrogen and oxygen atoms in total. The molecule has 0 unspecified atom stereocenters. The van der Waals surface area contributed by atoms with Gasteiger partial charge in [0.2, 0.25) is 0 Å². The van der Waals surface area contributed by atoms with Gasteiger partial charge in [-0.15, -0.1) is 0 Å². The van der Waals surface area contributed by atoms with Crippen LogP contribution in [0.1, 0.15) is 33.3 Å². The molecule has 2 aromatic carbocycles. The molecule has 35 heavy (non-hydrogen) atoms. The Labute approximate surface area is 203 Å². The Morgan fingerprint density at radius 3 is 2.23 bits per heavy atom. The zero-order valence-electron chi connectivity index (χ0n) is 20.2. The maximum absolute atomic E-state index is 14.4. The number of hydrogen-bond donors (Lipinski definition) is 0. The maximum Gasteiger partial charge on any atom is 0.357 e. The molecule has 9 heteroatoms. The predicted octanol–water partition coefficient (Wildman–Crippen LogP) is 3.39. The number of piperazine rings is 1. The smallest absolute Gasteiger partial charge is 0.357 e. The Morgan fingerprint density at radius 2 is 1.60 bits per heavy atom. The third kappa shape index (κ3) is 5.11. The lowest BCUT2D eigenvalue weighted by molar-refractivity contribution is 0.0549. The highest BCUT2D eigenvalue weighted by Gasteiger charge is 2.32. The topological polar surface area (TPSA) is 76.9 Å². The van der Waals surface area contributed by atoms with Crippen molar-refractivity contribution in [2.75, 3.05) is 46.9 Å². The fourth-order valence-corrected chi connectivity index (χ4v) is 4.37. The zero-order valence-corrected chi connectivity index (χ0v) is 20.2. The van der Waals surface area contributed by atoms with E-state index in [-0.39, 0.29) is 22.8 Å². The molecule has 4 rings (SSSR count). The van der Waals surface area contributed by atoms with E-state index in [1.807, 2.05) is 6.07 Å². The van der Waals surface area contributed by atoms with Crippen molar-refractivity contribution >= 4 is 11.9 Å². The molecule has 1 saturated heterocycles. The van der Waals surface area contributed by atoms with Crippen molar-refractivity contribution in [2.24, 2.45) is 0 Å². The molecule has 0 saturated carbocycles. The SMILES string of the molecule is CCN1CCN(Cc2cc(F)ccc2-c2nn(-c3ccccc3)c(C(=O)OC)c2C(=O)OC)CC1. The molecule has 1 aromatic heterocycles. The van der Waals surface area contributed by atoms with Crippen LogP contribution in [-0.4, -0.2) is 78.5 Å². The van der Waals surface area contributed by atoms with Crippen LogP contribution in [-0.2, 0) is 16.0 Å². The van der Waals surface area contributed by atoms with Crippen molar-refractivity contribution in [3.8, 4) is 16.9 Å². The Balaban J connectivity index is 1.86. The van der Waals surface area contributed by atoms with Crippen LogP contribution < -0.4 is 0 Å². The molecule has 0 N–H and O–H groups in total. The lowest BCUT2D eigenvalue weighted by Gasteiger charge is -2.34. The van der Waals surface area contributed by atoms with Gasteiger partial charge in [0, 0.05) is 38.3 Å². The number of aromatic nitrogens is 2. The number of nitrogens with zero attached hydrogens (tertiary/aromatic N) is 4. The Kier molecular flexibility index (Phi) is 7.57. The number of halogens is 1. The molecule has 1 aliphatic rings. The van der Waals surface area contributed by atoms with Crippen molar-refractivity contribution in [1.29, 1.82) is 0 Å². The molecule has 1 aliphatic heterocycles. The van der Waals surface area contributed by atoms with Crippen molar-refractivity contribution in [3.05, 3.63) is 71.2 Å². The lowest BCUT2D eigenvalue weighted by Crippen LogP contribution is -2.45. The van der Waals surface area contributed by atoms with Gasteiger partial charge in [0.05, 0.1) is 19.9 Å². The van der Waals surface area contributed by atoms with Gasteiger partial charge in [-0.25, -0.2) is 18.7 Å². The molecule has 1 fully saturated rings. The summed E-state index contributed by atoms with van der Waals surface area (Å²) in [6, 6.07) is 13.4. The zero-order chi connectivity index (χ0) is 24.9. The average molecular weight is 481 g/mol. The highest BCUT2D eigenvalue weighted by molar-refractivity contribution is 6.07. The standard InChI is InChI=1S/C26H29FN4O4/c1-4-29-12-14-30(15-13-29)17-18-16-19(27)10-11-21(18)23-22(25(32)34-2)24(26(33)35-3)31(28-23)20-8-6-5-7-9-20/h5-11,16H,4,12-15,17H2,1-3H3. The lowest BCUT2D eigenvalue weighted by atomic mass is 9.99. The van der Waals surface area contributed by atoms with Crippen molar-refractivity contribution < 1.29 is 23.5 Å². The third-order valence-electron chi connectivity index (χ3n) is 6.28. The summed E-state index contributed by atoms with van der Waals surface area (Å²) in [7, 11) is 2.48. The summed E-state index contributed by atoms with van der Waals surface area (Å²) in [5.74, 6) is -1.84. The number of esters is 2. The van der Waals surface area contributed by atoms with Gasteiger partial charge in [0.15, 0.2) is 5.69 Å². The molecule has 0 atom stereocenters. The molecule has 184 valence electrons. The second-order valence-corrected chi connectivity index (χ2v) is 8.31. The van der Waals surface area contributed by atoms with Gasteiger partial charge in [0.25, 0.3) is 0 Å². The van der Waals surface area contributed by atoms with E-state index < -0.39 is 11.9 Å². The number of ether oxygens (including phenoxy) is 2. The van der Waals surface area contributed by atoms with Gasteiger partial charge in [-0.05, 0) is 42.4 Å². The second-order valence-electron chi connectivity index (χ2n) is 8.31. The van der Waals surface area contributed by atoms with Crippen molar-refractivity contribution in [2.45, 2.75) is 13.5 Å². The summed E-state index contributed by atoms with van der Waals surface area (Å²) >= 11 is 0. The van der Waals surface area contributed by atoms with Crippen LogP contribution in [0.5, 0.6) is 0 Å². The number of rotatable bonds is 7. The van der Waals surface area contributed by atoms with Gasteiger partial charge in [0.1, 0.15) is 17.1 Å². The van der Waals surface area contributed by atoms with Crippen LogP contribution in [0, 0.1) is 5.82 Å². The van der Waals surface area contributed by atoms with E-state index >= 15 is 0 Å². The van der Waals surface area contributed by atoms with E-state index in [4.69, 9.17) is 9.47 Å². The maximum atomic E-state index is 14.4. The summed E-state index contributed by atoms with van der Waals surface area (Å²) in [4.78, 5) is 30.4. The van der Waals surface area contributed by atoms with Crippen LogP contribution in [0.3, 0.4) is 0 Å². The number of carbonyl (C=O) groups is 2. The molecular weight excluding hydrogens is 451 g/mol. The van der Waals surface area contributed by atoms with E-state index in [0.29, 0.717) is 23.4 Å². The minimum Gasteiger partial charge on any atom is -0.465 e. The van der Waals surface area contributed by atoms with Gasteiger partial charge in [-0.1, -0.05) is 25.1 Å². The fraction of sp³-hybridized carbons (Fsp3) is 0.346. The normalized spacial score (nSPS) is 14.6. The first kappa shape index (κ1) is 24.6. The molecular formula is C26H29FN4O4. The molecule has 0 radical (unpaired) electrons. The number of methoxy groups -OCH3 is 2. The van der Waals surface area contributed by atoms with Crippen molar-refractivity contribution in [1.82, 2.24) is 19.6 Å². The molecule has 0 aliphatic carbocycles. The summed E-state index contributed by atoms with van der Waals surface area (Å²) in [6.07, 6.45) is 0. The first-order valence-electron chi connectivity index (χ1n) is 11.5. The molecule has 0 spiro atoms. The van der Waals surface area contributed by atoms with Crippen LogP contribution >= 0.6 is 0 Å². The summed E-state index contributed by atoms with van der Waals surface area (Å²) < 4.78 is 25.8. The summed E-state index contributed by atoms with van der Waals surface area (Å²) in [6.45, 7) is 7.18. The molecule has 3 aromatic rings. The van der Waals surface area contributed by atoms with Gasteiger partial charge in [-0.2, -0.15) is 5.10 Å². The first-order valence-corrected chi connectivity index (χ1v) is 11.5. The monoisotopic (exact) mass is 480 g/mol. The average Bonchev–Trinajstić information content (AvgIpc) is 3.29. The van der Waals surface area contributed by atoms with Crippen LogP contribution in [0.4, 0.5) is 4.39 Å². The Bertz CT molecular complexity index is 1200. The number of benzene rings is 2. The summed E-state index contributed by atoms with van der Waals surface area (Å²) in [5, 5.41) is 4.66. The highest BCUT2D eigenvalue weighted by Crippen LogP contribution is 2.32. The van der Waals surface area contributed by atoms with E-state index in [1.54, 1.807) is 30.3 Å². The second kappa shape index (κ2) is 10.8. The minimum atomic E-state index is -0.729. The number of carbonyl (C=O) groups excluding carboxylic acids is 2. The minimum absolute atomic E-state index is 0.0214. The van der Waals surface area contributed by atoms with Gasteiger partial charge >= 0.3 is 11.9 Å². The third-order valence-corrected chi connectivity index (χ3v) is 6.28. The van der Waals surface area contributed by atoms with Gasteiger partial charge < -0.3 is 14.4 Å². The largest absolute Gasteiger partial charge is 0.465 e. The number of hydrogen-bond acceptors (Lipinski definition) is 7. The van der Waals surface area contributed by atoms with Crippen LogP contribution in [0.15, 0.2) is 48.5 Å². The first-order chi connectivity index (χ1) is 17.0. The number of para-hydroxylation sites is 1. The predicted molar refractivity (Wildman–Crippen MR) is 129 cm³/mol. The van der Waals surface area contributed by atoms with E-state index in [0.717, 1.165) is 32.7 Å². The Hall–Kier alpha value is -3.56. The van der Waals surface area contributed by atoms with Gasteiger partial charge in [-0.3, -0.25) is 4.90 Å². The Morgan fingerprint density at radius 1 is 0.943 bits per heavy atom. The molecule has 0 amide bonds. The molecule has 0 bridgehead atoms. The summed E-state index contributed by atoms with van der Waals surface area (Å²) in [5.41, 5.74) is 1.98. The number of likely N-dealkylation sites (N-methyl/N-ethyl adjacent to an activating group) is 1. The van der Waals surface area contributed by atoms with E-state index in [2.05, 4.69) is 21.8 Å². The molecule has 2 heterocycles. The van der Waals surface area contributed by atoms with Crippen LogP contribution in [0.2, 0.25) is 0 Å². The van der Waals surface area contributed by atoms with Crippen LogP contribution in [0.25, 0.3) is 16.9 Å².